The van der Waals surface area contributed by atoms with Crippen molar-refractivity contribution in [3.63, 3.8) is 0 Å². The van der Waals surface area contributed by atoms with Gasteiger partial charge in [-0.1, -0.05) is 52.0 Å². The fraction of sp³-hybridized carbons (Fsp3) is 0.571. The first-order valence-corrected chi connectivity index (χ1v) is 5.78. The Morgan fingerprint density at radius 1 is 0.857 bits per heavy atom. The Kier molecular flexibility index (Phi) is 4.19. The molecule has 0 heterocycles. The number of hydrogen-bond acceptors (Lipinski definition) is 0. The summed E-state index contributed by atoms with van der Waals surface area (Å²) in [4.78, 5) is 0. The summed E-state index contributed by atoms with van der Waals surface area (Å²) in [5, 5.41) is 0. The first kappa shape index (κ1) is 11.3. The molecule has 0 nitrogen and oxygen atoms in total. The summed E-state index contributed by atoms with van der Waals surface area (Å²) in [5.74, 6) is 1.39. The molecule has 0 saturated heterocycles. The fourth-order valence-electron chi connectivity index (χ4n) is 1.91. The van der Waals surface area contributed by atoms with Gasteiger partial charge in [0.2, 0.25) is 0 Å². The fourth-order valence-corrected chi connectivity index (χ4v) is 1.91. The topological polar surface area (TPSA) is 0 Å². The molecule has 0 atom stereocenters. The molecule has 0 saturated carbocycles. The van der Waals surface area contributed by atoms with E-state index in [1.54, 1.807) is 0 Å². The molecule has 0 amide bonds. The minimum absolute atomic E-state index is 0.644. The van der Waals surface area contributed by atoms with Crippen LogP contribution >= 0.6 is 0 Å². The highest BCUT2D eigenvalue weighted by atomic mass is 14.1. The summed E-state index contributed by atoms with van der Waals surface area (Å²) in [7, 11) is 0. The molecule has 0 N–H and O–H groups in total. The van der Waals surface area contributed by atoms with Crippen molar-refractivity contribution in [1.29, 1.82) is 0 Å². The Morgan fingerprint density at radius 2 is 1.29 bits per heavy atom. The molecular formula is C14H22. The smallest absolute Gasteiger partial charge is 0.0167 e. The zero-order chi connectivity index (χ0) is 10.6. The van der Waals surface area contributed by atoms with Crippen LogP contribution < -0.4 is 0 Å². The van der Waals surface area contributed by atoms with Gasteiger partial charge in [0, 0.05) is 0 Å². The van der Waals surface area contributed by atoms with Gasteiger partial charge in [-0.05, 0) is 35.8 Å². The van der Waals surface area contributed by atoms with Gasteiger partial charge >= 0.3 is 0 Å². The van der Waals surface area contributed by atoms with Gasteiger partial charge in [-0.15, -0.1) is 0 Å². The zero-order valence-corrected chi connectivity index (χ0v) is 9.88. The third kappa shape index (κ3) is 2.60. The van der Waals surface area contributed by atoms with Crippen molar-refractivity contribution in [2.45, 2.75) is 52.4 Å². The highest BCUT2D eigenvalue weighted by Gasteiger charge is 2.06. The lowest BCUT2D eigenvalue weighted by atomic mass is 9.92. The number of rotatable bonds is 4. The van der Waals surface area contributed by atoms with Gasteiger partial charge < -0.3 is 0 Å². The molecule has 0 bridgehead atoms. The molecule has 0 aliphatic rings. The second-order valence-electron chi connectivity index (χ2n) is 4.33. The second-order valence-corrected chi connectivity index (χ2v) is 4.33. The Bertz CT molecular complexity index is 252. The summed E-state index contributed by atoms with van der Waals surface area (Å²) in [6.45, 7) is 9.02. The van der Waals surface area contributed by atoms with E-state index in [2.05, 4.69) is 52.0 Å². The Labute approximate surface area is 88.4 Å². The highest BCUT2D eigenvalue weighted by molar-refractivity contribution is 5.27. The molecule has 0 aromatic heterocycles. The number of benzene rings is 1. The van der Waals surface area contributed by atoms with Gasteiger partial charge in [-0.25, -0.2) is 0 Å². The molecule has 1 aromatic rings. The average Bonchev–Trinajstić information content (AvgIpc) is 2.20. The maximum atomic E-state index is 2.30. The third-order valence-corrected chi connectivity index (χ3v) is 3.06. The van der Waals surface area contributed by atoms with Crippen LogP contribution in [0.5, 0.6) is 0 Å². The summed E-state index contributed by atoms with van der Waals surface area (Å²) in [6.07, 6.45) is 2.50. The molecule has 0 spiro atoms. The van der Waals surface area contributed by atoms with Gasteiger partial charge in [0.15, 0.2) is 0 Å². The van der Waals surface area contributed by atoms with Crippen LogP contribution in [0.4, 0.5) is 0 Å². The largest absolute Gasteiger partial charge is 0.0648 e. The lowest BCUT2D eigenvalue weighted by molar-refractivity contribution is 0.641. The Balaban J connectivity index is 2.81. The minimum Gasteiger partial charge on any atom is -0.0648 e. The van der Waals surface area contributed by atoms with Gasteiger partial charge in [-0.2, -0.15) is 0 Å². The summed E-state index contributed by atoms with van der Waals surface area (Å²) < 4.78 is 0. The van der Waals surface area contributed by atoms with Crippen molar-refractivity contribution < 1.29 is 0 Å². The molecule has 14 heavy (non-hydrogen) atoms. The molecule has 0 aliphatic carbocycles. The van der Waals surface area contributed by atoms with Crippen LogP contribution in [0, 0.1) is 0 Å². The summed E-state index contributed by atoms with van der Waals surface area (Å²) in [5.41, 5.74) is 2.94. The molecular weight excluding hydrogens is 168 g/mol. The summed E-state index contributed by atoms with van der Waals surface area (Å²) >= 11 is 0. The maximum absolute atomic E-state index is 2.30. The second kappa shape index (κ2) is 5.19. The van der Waals surface area contributed by atoms with E-state index in [4.69, 9.17) is 0 Å². The maximum Gasteiger partial charge on any atom is -0.0167 e. The molecule has 0 aliphatic heterocycles. The van der Waals surface area contributed by atoms with Crippen molar-refractivity contribution in [2.24, 2.45) is 0 Å². The predicted molar refractivity (Wildman–Crippen MR) is 63.9 cm³/mol. The van der Waals surface area contributed by atoms with Gasteiger partial charge in [-0.3, -0.25) is 0 Å². The van der Waals surface area contributed by atoms with Crippen LogP contribution in [0.25, 0.3) is 0 Å². The van der Waals surface area contributed by atoms with Crippen LogP contribution in [-0.2, 0) is 0 Å². The van der Waals surface area contributed by atoms with Crippen LogP contribution in [0.3, 0.4) is 0 Å². The van der Waals surface area contributed by atoms with E-state index in [9.17, 15) is 0 Å². The monoisotopic (exact) mass is 190 g/mol. The first-order chi connectivity index (χ1) is 6.69. The van der Waals surface area contributed by atoms with E-state index >= 15 is 0 Å². The predicted octanol–water partition coefficient (Wildman–Crippen LogP) is 4.71. The van der Waals surface area contributed by atoms with Crippen molar-refractivity contribution in [2.75, 3.05) is 0 Å². The summed E-state index contributed by atoms with van der Waals surface area (Å²) in [6, 6.07) is 9.15. The van der Waals surface area contributed by atoms with E-state index < -0.39 is 0 Å². The average molecular weight is 190 g/mol. The molecule has 0 heteroatoms. The van der Waals surface area contributed by atoms with Crippen molar-refractivity contribution in [1.82, 2.24) is 0 Å². The molecule has 78 valence electrons. The molecule has 0 fully saturated rings. The van der Waals surface area contributed by atoms with Gasteiger partial charge in [0.25, 0.3) is 0 Å². The normalized spacial score (nSPS) is 11.3. The third-order valence-electron chi connectivity index (χ3n) is 3.06. The number of hydrogen-bond donors (Lipinski definition) is 0. The highest BCUT2D eigenvalue weighted by Crippen LogP contribution is 2.24. The van der Waals surface area contributed by atoms with E-state index in [1.807, 2.05) is 0 Å². The molecule has 0 unspecified atom stereocenters. The van der Waals surface area contributed by atoms with Crippen molar-refractivity contribution in [3.05, 3.63) is 35.4 Å². The molecule has 1 aromatic carbocycles. The van der Waals surface area contributed by atoms with Crippen LogP contribution in [0.1, 0.15) is 63.5 Å². The Morgan fingerprint density at radius 3 is 1.64 bits per heavy atom. The van der Waals surface area contributed by atoms with E-state index in [-0.39, 0.29) is 0 Å². The lowest BCUT2D eigenvalue weighted by Gasteiger charge is -2.14. The van der Waals surface area contributed by atoms with Crippen LogP contribution in [0.2, 0.25) is 0 Å². The standard InChI is InChI=1S/C14H22/c1-5-12(6-2)14-9-7-13(8-10-14)11(3)4/h7-12H,5-6H2,1-4H3. The Hall–Kier alpha value is -0.780. The van der Waals surface area contributed by atoms with Gasteiger partial charge in [0.05, 0.1) is 0 Å². The quantitative estimate of drug-likeness (QED) is 0.644. The van der Waals surface area contributed by atoms with E-state index in [0.29, 0.717) is 5.92 Å². The van der Waals surface area contributed by atoms with Crippen molar-refractivity contribution in [3.8, 4) is 0 Å². The molecule has 1 rings (SSSR count). The van der Waals surface area contributed by atoms with Gasteiger partial charge in [0.1, 0.15) is 0 Å². The molecule has 0 radical (unpaired) electrons. The van der Waals surface area contributed by atoms with E-state index in [1.165, 1.54) is 24.0 Å². The van der Waals surface area contributed by atoms with Crippen LogP contribution in [0.15, 0.2) is 24.3 Å². The first-order valence-electron chi connectivity index (χ1n) is 5.78. The van der Waals surface area contributed by atoms with Crippen molar-refractivity contribution >= 4 is 0 Å². The minimum atomic E-state index is 0.644. The van der Waals surface area contributed by atoms with E-state index in [0.717, 1.165) is 5.92 Å². The van der Waals surface area contributed by atoms with Crippen LogP contribution in [-0.4, -0.2) is 0 Å². The lowest BCUT2D eigenvalue weighted by Crippen LogP contribution is -1.96. The SMILES string of the molecule is CCC(CC)c1ccc(C(C)C)cc1. The zero-order valence-electron chi connectivity index (χ0n) is 9.88.